The highest BCUT2D eigenvalue weighted by Gasteiger charge is 2.16. The fraction of sp³-hybridized carbons (Fsp3) is 0.471. The van der Waals surface area contributed by atoms with Crippen LogP contribution in [0.4, 0.5) is 13.9 Å². The van der Waals surface area contributed by atoms with Gasteiger partial charge in [-0.2, -0.15) is 8.78 Å². The van der Waals surface area contributed by atoms with Gasteiger partial charge in [-0.3, -0.25) is 0 Å². The summed E-state index contributed by atoms with van der Waals surface area (Å²) in [5.41, 5.74) is 2.05. The Labute approximate surface area is 149 Å². The standard InChI is InChI=1S/C17H21F2N3O2S/c1-12-15(25-17(21-12)22-6-8-23-9-7-22)11-20-10-13-2-4-14(5-3-13)24-16(18)19/h2-5,16,20H,6-11H2,1H3. The van der Waals surface area contributed by atoms with Gasteiger partial charge in [0.15, 0.2) is 5.13 Å². The number of aryl methyl sites for hydroxylation is 1. The van der Waals surface area contributed by atoms with Crippen molar-refractivity contribution in [3.8, 4) is 5.75 Å². The number of hydrogen-bond donors (Lipinski definition) is 1. The van der Waals surface area contributed by atoms with Crippen LogP contribution in [-0.4, -0.2) is 37.9 Å². The van der Waals surface area contributed by atoms with Crippen LogP contribution < -0.4 is 15.0 Å². The van der Waals surface area contributed by atoms with Gasteiger partial charge in [0.2, 0.25) is 0 Å². The summed E-state index contributed by atoms with van der Waals surface area (Å²) in [6.07, 6.45) is 0. The zero-order valence-corrected chi connectivity index (χ0v) is 14.8. The lowest BCUT2D eigenvalue weighted by Crippen LogP contribution is -2.36. The van der Waals surface area contributed by atoms with E-state index in [1.807, 2.05) is 6.92 Å². The largest absolute Gasteiger partial charge is 0.435 e. The Kier molecular flexibility index (Phi) is 6.17. The number of ether oxygens (including phenoxy) is 2. The van der Waals surface area contributed by atoms with Crippen LogP contribution in [0, 0.1) is 6.92 Å². The molecule has 136 valence electrons. The number of rotatable bonds is 7. The first-order valence-electron chi connectivity index (χ1n) is 8.15. The van der Waals surface area contributed by atoms with Crippen molar-refractivity contribution in [3.05, 3.63) is 40.4 Å². The van der Waals surface area contributed by atoms with E-state index in [0.29, 0.717) is 6.54 Å². The van der Waals surface area contributed by atoms with Crippen LogP contribution in [-0.2, 0) is 17.8 Å². The van der Waals surface area contributed by atoms with Crippen LogP contribution in [0.2, 0.25) is 0 Å². The number of alkyl halides is 2. The van der Waals surface area contributed by atoms with Gasteiger partial charge in [0.25, 0.3) is 0 Å². The summed E-state index contributed by atoms with van der Waals surface area (Å²) in [6.45, 7) is 3.87. The lowest BCUT2D eigenvalue weighted by Gasteiger charge is -2.26. The minimum atomic E-state index is -2.79. The van der Waals surface area contributed by atoms with Crippen LogP contribution in [0.5, 0.6) is 5.75 Å². The number of anilines is 1. The molecule has 0 aliphatic carbocycles. The van der Waals surface area contributed by atoms with E-state index >= 15 is 0 Å². The average Bonchev–Trinajstić information content (AvgIpc) is 2.98. The second kappa shape index (κ2) is 8.55. The first kappa shape index (κ1) is 18.0. The van der Waals surface area contributed by atoms with Gasteiger partial charge in [-0.15, -0.1) is 11.3 Å². The molecule has 1 aromatic carbocycles. The molecule has 0 unspecified atom stereocenters. The molecule has 1 aromatic heterocycles. The molecule has 0 saturated carbocycles. The van der Waals surface area contributed by atoms with E-state index in [9.17, 15) is 8.78 Å². The number of morpholine rings is 1. The van der Waals surface area contributed by atoms with Crippen molar-refractivity contribution in [3.63, 3.8) is 0 Å². The number of hydrogen-bond acceptors (Lipinski definition) is 6. The number of nitrogens with one attached hydrogen (secondary N) is 1. The Hall–Kier alpha value is -1.77. The molecule has 0 radical (unpaired) electrons. The van der Waals surface area contributed by atoms with Crippen LogP contribution in [0.3, 0.4) is 0 Å². The van der Waals surface area contributed by atoms with Gasteiger partial charge in [0, 0.05) is 31.1 Å². The number of halogens is 2. The van der Waals surface area contributed by atoms with Gasteiger partial charge in [0.05, 0.1) is 18.9 Å². The van der Waals surface area contributed by atoms with E-state index in [4.69, 9.17) is 4.74 Å². The highest BCUT2D eigenvalue weighted by molar-refractivity contribution is 7.15. The van der Waals surface area contributed by atoms with Crippen LogP contribution in [0.15, 0.2) is 24.3 Å². The van der Waals surface area contributed by atoms with Crippen LogP contribution in [0.1, 0.15) is 16.1 Å². The average molecular weight is 369 g/mol. The molecule has 5 nitrogen and oxygen atoms in total. The summed E-state index contributed by atoms with van der Waals surface area (Å²) in [5, 5.41) is 4.42. The predicted molar refractivity (Wildman–Crippen MR) is 93.5 cm³/mol. The second-order valence-electron chi connectivity index (χ2n) is 5.73. The molecule has 1 fully saturated rings. The van der Waals surface area contributed by atoms with Gasteiger partial charge in [-0.1, -0.05) is 12.1 Å². The van der Waals surface area contributed by atoms with Crippen molar-refractivity contribution in [2.75, 3.05) is 31.2 Å². The minimum absolute atomic E-state index is 0.173. The molecule has 1 aliphatic rings. The number of thiazole rings is 1. The molecule has 0 amide bonds. The molecule has 0 bridgehead atoms. The molecule has 0 atom stereocenters. The lowest BCUT2D eigenvalue weighted by atomic mass is 10.2. The van der Waals surface area contributed by atoms with Crippen molar-refractivity contribution >= 4 is 16.5 Å². The molecule has 2 heterocycles. The summed E-state index contributed by atoms with van der Waals surface area (Å²) in [4.78, 5) is 8.12. The zero-order valence-electron chi connectivity index (χ0n) is 14.0. The molecule has 1 aliphatic heterocycles. The van der Waals surface area contributed by atoms with Gasteiger partial charge >= 0.3 is 6.61 Å². The van der Waals surface area contributed by atoms with Crippen LogP contribution in [0.25, 0.3) is 0 Å². The summed E-state index contributed by atoms with van der Waals surface area (Å²) >= 11 is 1.70. The van der Waals surface area contributed by atoms with E-state index in [-0.39, 0.29) is 5.75 Å². The van der Waals surface area contributed by atoms with Crippen LogP contribution >= 0.6 is 11.3 Å². The third-order valence-corrected chi connectivity index (χ3v) is 5.14. The van der Waals surface area contributed by atoms with Crippen molar-refractivity contribution in [1.82, 2.24) is 10.3 Å². The predicted octanol–water partition coefficient (Wildman–Crippen LogP) is 3.18. The Balaban J connectivity index is 1.51. The topological polar surface area (TPSA) is 46.6 Å². The minimum Gasteiger partial charge on any atom is -0.435 e. The summed E-state index contributed by atoms with van der Waals surface area (Å²) in [5.74, 6) is 0.173. The summed E-state index contributed by atoms with van der Waals surface area (Å²) in [7, 11) is 0. The Morgan fingerprint density at radius 2 is 1.96 bits per heavy atom. The molecule has 1 saturated heterocycles. The number of aromatic nitrogens is 1. The van der Waals surface area contributed by atoms with Crippen molar-refractivity contribution in [1.29, 1.82) is 0 Å². The highest BCUT2D eigenvalue weighted by atomic mass is 32.1. The highest BCUT2D eigenvalue weighted by Crippen LogP contribution is 2.26. The van der Waals surface area contributed by atoms with Gasteiger partial charge in [-0.05, 0) is 24.6 Å². The molecular formula is C17H21F2N3O2S. The third kappa shape index (κ3) is 5.10. The van der Waals surface area contributed by atoms with Crippen molar-refractivity contribution < 1.29 is 18.3 Å². The Morgan fingerprint density at radius 3 is 2.64 bits per heavy atom. The molecule has 2 aromatic rings. The van der Waals surface area contributed by atoms with Gasteiger partial charge < -0.3 is 19.7 Å². The molecular weight excluding hydrogens is 348 g/mol. The van der Waals surface area contributed by atoms with Crippen molar-refractivity contribution in [2.45, 2.75) is 26.6 Å². The first-order chi connectivity index (χ1) is 12.1. The maximum absolute atomic E-state index is 12.1. The molecule has 0 spiro atoms. The maximum Gasteiger partial charge on any atom is 0.387 e. The number of nitrogens with zero attached hydrogens (tertiary/aromatic N) is 2. The molecule has 3 rings (SSSR count). The monoisotopic (exact) mass is 369 g/mol. The third-order valence-electron chi connectivity index (χ3n) is 3.93. The Bertz CT molecular complexity index is 673. The maximum atomic E-state index is 12.1. The quantitative estimate of drug-likeness (QED) is 0.812. The molecule has 8 heteroatoms. The van der Waals surface area contributed by atoms with E-state index in [0.717, 1.165) is 49.2 Å². The second-order valence-corrected chi connectivity index (χ2v) is 6.79. The van der Waals surface area contributed by atoms with E-state index in [2.05, 4.69) is 19.9 Å². The SMILES string of the molecule is Cc1nc(N2CCOCC2)sc1CNCc1ccc(OC(F)F)cc1. The van der Waals surface area contributed by atoms with E-state index in [1.54, 1.807) is 35.6 Å². The molecule has 1 N–H and O–H groups in total. The summed E-state index contributed by atoms with van der Waals surface area (Å²) < 4.78 is 34.0. The van der Waals surface area contributed by atoms with Gasteiger partial charge in [0.1, 0.15) is 5.75 Å². The van der Waals surface area contributed by atoms with Gasteiger partial charge in [-0.25, -0.2) is 4.98 Å². The van der Waals surface area contributed by atoms with E-state index in [1.165, 1.54) is 4.88 Å². The summed E-state index contributed by atoms with van der Waals surface area (Å²) in [6, 6.07) is 6.67. The lowest BCUT2D eigenvalue weighted by molar-refractivity contribution is -0.0498. The zero-order chi connectivity index (χ0) is 17.6. The first-order valence-corrected chi connectivity index (χ1v) is 8.97. The Morgan fingerprint density at radius 1 is 1.24 bits per heavy atom. The smallest absolute Gasteiger partial charge is 0.387 e. The van der Waals surface area contributed by atoms with E-state index < -0.39 is 6.61 Å². The number of benzene rings is 1. The fourth-order valence-electron chi connectivity index (χ4n) is 2.58. The fourth-order valence-corrected chi connectivity index (χ4v) is 3.66. The normalized spacial score (nSPS) is 15.0. The van der Waals surface area contributed by atoms with Crippen molar-refractivity contribution in [2.24, 2.45) is 0 Å². The molecule has 25 heavy (non-hydrogen) atoms.